The molecule has 2 rings (SSSR count). The topological polar surface area (TPSA) is 85.9 Å². The van der Waals surface area contributed by atoms with Crippen molar-refractivity contribution in [1.29, 1.82) is 0 Å². The van der Waals surface area contributed by atoms with E-state index in [1.807, 2.05) is 27.7 Å². The second-order valence-electron chi connectivity index (χ2n) is 6.85. The molecule has 2 amide bonds. The Bertz CT molecular complexity index is 792. The molecule has 0 saturated carbocycles. The summed E-state index contributed by atoms with van der Waals surface area (Å²) in [5.41, 5.74) is 1.48. The van der Waals surface area contributed by atoms with Gasteiger partial charge >= 0.3 is 12.0 Å². The first-order valence-electron chi connectivity index (χ1n) is 9.91. The summed E-state index contributed by atoms with van der Waals surface area (Å²) in [6.45, 7) is 10.5. The SMILES string of the molecule is CCCOc1c(Cl)cc(C2NC(=O)NC(C(C)C)=C2C(=O)OCC)cc1OCC. The molecule has 2 N–H and O–H groups in total. The summed E-state index contributed by atoms with van der Waals surface area (Å²) in [4.78, 5) is 25.0. The predicted molar refractivity (Wildman–Crippen MR) is 111 cm³/mol. The molecule has 1 aliphatic heterocycles. The lowest BCUT2D eigenvalue weighted by Gasteiger charge is -2.31. The monoisotopic (exact) mass is 424 g/mol. The number of carbonyl (C=O) groups is 2. The van der Waals surface area contributed by atoms with E-state index < -0.39 is 18.0 Å². The minimum atomic E-state index is -0.725. The second-order valence-corrected chi connectivity index (χ2v) is 7.25. The Balaban J connectivity index is 2.60. The van der Waals surface area contributed by atoms with Crippen molar-refractivity contribution in [3.8, 4) is 11.5 Å². The Labute approximate surface area is 176 Å². The number of urea groups is 1. The average molecular weight is 425 g/mol. The van der Waals surface area contributed by atoms with Gasteiger partial charge in [0.25, 0.3) is 0 Å². The van der Waals surface area contributed by atoms with Crippen LogP contribution >= 0.6 is 11.6 Å². The van der Waals surface area contributed by atoms with Crippen LogP contribution in [0.25, 0.3) is 0 Å². The van der Waals surface area contributed by atoms with Gasteiger partial charge in [-0.25, -0.2) is 9.59 Å². The molecule has 0 bridgehead atoms. The molecule has 1 aromatic rings. The summed E-state index contributed by atoms with van der Waals surface area (Å²) in [5, 5.41) is 5.89. The lowest BCUT2D eigenvalue weighted by atomic mass is 9.91. The van der Waals surface area contributed by atoms with Crippen molar-refractivity contribution in [1.82, 2.24) is 10.6 Å². The van der Waals surface area contributed by atoms with E-state index in [1.165, 1.54) is 0 Å². The molecule has 160 valence electrons. The molecule has 0 aromatic heterocycles. The Kier molecular flexibility index (Phi) is 8.20. The van der Waals surface area contributed by atoms with E-state index in [1.54, 1.807) is 19.1 Å². The average Bonchev–Trinajstić information content (AvgIpc) is 2.66. The van der Waals surface area contributed by atoms with E-state index >= 15 is 0 Å². The van der Waals surface area contributed by atoms with Crippen molar-refractivity contribution in [3.05, 3.63) is 34.0 Å². The third-order valence-electron chi connectivity index (χ3n) is 4.29. The molecular weight excluding hydrogens is 396 g/mol. The highest BCUT2D eigenvalue weighted by Crippen LogP contribution is 2.41. The number of carbonyl (C=O) groups excluding carboxylic acids is 2. The van der Waals surface area contributed by atoms with Crippen molar-refractivity contribution < 1.29 is 23.8 Å². The number of allylic oxidation sites excluding steroid dienone is 1. The van der Waals surface area contributed by atoms with Crippen LogP contribution in [-0.4, -0.2) is 31.8 Å². The van der Waals surface area contributed by atoms with Crippen molar-refractivity contribution in [2.45, 2.75) is 47.1 Å². The zero-order chi connectivity index (χ0) is 21.6. The molecule has 0 spiro atoms. The number of rotatable bonds is 9. The van der Waals surface area contributed by atoms with Crippen LogP contribution in [0.5, 0.6) is 11.5 Å². The molecule has 0 saturated heterocycles. The van der Waals surface area contributed by atoms with Gasteiger partial charge in [0.2, 0.25) is 0 Å². The van der Waals surface area contributed by atoms with Crippen LogP contribution in [0.2, 0.25) is 5.02 Å². The molecule has 0 aliphatic carbocycles. The van der Waals surface area contributed by atoms with Gasteiger partial charge in [-0.3, -0.25) is 0 Å². The predicted octanol–water partition coefficient (Wildman–Crippen LogP) is 4.35. The Morgan fingerprint density at radius 3 is 2.48 bits per heavy atom. The van der Waals surface area contributed by atoms with Gasteiger partial charge in [0, 0.05) is 5.70 Å². The molecule has 1 atom stereocenters. The van der Waals surface area contributed by atoms with E-state index in [4.69, 9.17) is 25.8 Å². The van der Waals surface area contributed by atoms with Crippen molar-refractivity contribution in [3.63, 3.8) is 0 Å². The van der Waals surface area contributed by atoms with E-state index in [-0.39, 0.29) is 12.5 Å². The standard InChI is InChI=1S/C21H29ClN2O5/c1-6-9-29-19-14(22)10-13(11-15(19)27-7-2)18-16(20(25)28-8-3)17(12(4)5)23-21(26)24-18/h10-12,18H,6-9H2,1-5H3,(H2,23,24,26). The maximum atomic E-state index is 12.7. The summed E-state index contributed by atoms with van der Waals surface area (Å²) < 4.78 is 16.7. The number of esters is 1. The first kappa shape index (κ1) is 22.9. The van der Waals surface area contributed by atoms with Crippen molar-refractivity contribution >= 4 is 23.6 Å². The fourth-order valence-electron chi connectivity index (χ4n) is 3.09. The smallest absolute Gasteiger partial charge is 0.338 e. The van der Waals surface area contributed by atoms with Crippen molar-refractivity contribution in [2.24, 2.45) is 5.92 Å². The Hall–Kier alpha value is -2.41. The minimum absolute atomic E-state index is 0.0862. The largest absolute Gasteiger partial charge is 0.490 e. The quantitative estimate of drug-likeness (QED) is 0.575. The number of nitrogens with one attached hydrogen (secondary N) is 2. The van der Waals surface area contributed by atoms with Crippen LogP contribution in [0, 0.1) is 5.92 Å². The molecule has 1 heterocycles. The highest BCUT2D eigenvalue weighted by atomic mass is 35.5. The second kappa shape index (κ2) is 10.4. The Morgan fingerprint density at radius 1 is 1.17 bits per heavy atom. The van der Waals surface area contributed by atoms with Gasteiger partial charge in [-0.05, 0) is 43.9 Å². The lowest BCUT2D eigenvalue weighted by Crippen LogP contribution is -2.47. The van der Waals surface area contributed by atoms with Gasteiger partial charge in [0.15, 0.2) is 11.5 Å². The molecule has 8 heteroatoms. The van der Waals surface area contributed by atoms with Crippen LogP contribution in [0.3, 0.4) is 0 Å². The molecule has 0 radical (unpaired) electrons. The summed E-state index contributed by atoms with van der Waals surface area (Å²) in [6.07, 6.45) is 0.821. The summed E-state index contributed by atoms with van der Waals surface area (Å²) >= 11 is 6.48. The number of hydrogen-bond acceptors (Lipinski definition) is 5. The molecule has 7 nitrogen and oxygen atoms in total. The van der Waals surface area contributed by atoms with Crippen LogP contribution in [-0.2, 0) is 9.53 Å². The van der Waals surface area contributed by atoms with Gasteiger partial charge in [-0.1, -0.05) is 32.4 Å². The summed E-state index contributed by atoms with van der Waals surface area (Å²) in [5.74, 6) is 0.335. The first-order chi connectivity index (χ1) is 13.8. The zero-order valence-corrected chi connectivity index (χ0v) is 18.3. The van der Waals surface area contributed by atoms with E-state index in [2.05, 4.69) is 10.6 Å². The van der Waals surface area contributed by atoms with Gasteiger partial charge in [-0.2, -0.15) is 0 Å². The number of halogens is 1. The van der Waals surface area contributed by atoms with Crippen LogP contribution in [0.15, 0.2) is 23.4 Å². The third-order valence-corrected chi connectivity index (χ3v) is 4.57. The fraction of sp³-hybridized carbons (Fsp3) is 0.524. The lowest BCUT2D eigenvalue weighted by molar-refractivity contribution is -0.139. The molecule has 0 fully saturated rings. The molecule has 1 aliphatic rings. The highest BCUT2D eigenvalue weighted by molar-refractivity contribution is 6.32. The van der Waals surface area contributed by atoms with Crippen molar-refractivity contribution in [2.75, 3.05) is 19.8 Å². The fourth-order valence-corrected chi connectivity index (χ4v) is 3.36. The van der Waals surface area contributed by atoms with Crippen LogP contribution in [0.1, 0.15) is 52.6 Å². The van der Waals surface area contributed by atoms with Gasteiger partial charge in [0.05, 0.1) is 36.5 Å². The highest BCUT2D eigenvalue weighted by Gasteiger charge is 2.35. The minimum Gasteiger partial charge on any atom is -0.490 e. The van der Waals surface area contributed by atoms with E-state index in [0.717, 1.165) is 6.42 Å². The maximum Gasteiger partial charge on any atom is 0.338 e. The molecule has 1 aromatic carbocycles. The summed E-state index contributed by atoms with van der Waals surface area (Å²) in [6, 6.07) is 2.31. The normalized spacial score (nSPS) is 16.4. The summed E-state index contributed by atoms with van der Waals surface area (Å²) in [7, 11) is 0. The number of ether oxygens (including phenoxy) is 3. The zero-order valence-electron chi connectivity index (χ0n) is 17.6. The van der Waals surface area contributed by atoms with Gasteiger partial charge in [-0.15, -0.1) is 0 Å². The van der Waals surface area contributed by atoms with Gasteiger partial charge < -0.3 is 24.8 Å². The first-order valence-corrected chi connectivity index (χ1v) is 10.3. The van der Waals surface area contributed by atoms with Crippen LogP contribution in [0.4, 0.5) is 4.79 Å². The molecular formula is C21H29ClN2O5. The van der Waals surface area contributed by atoms with Gasteiger partial charge in [0.1, 0.15) is 0 Å². The number of benzene rings is 1. The van der Waals surface area contributed by atoms with Crippen LogP contribution < -0.4 is 20.1 Å². The third kappa shape index (κ3) is 5.35. The number of hydrogen-bond donors (Lipinski definition) is 2. The Morgan fingerprint density at radius 2 is 1.90 bits per heavy atom. The molecule has 29 heavy (non-hydrogen) atoms. The number of amides is 2. The van der Waals surface area contributed by atoms with E-state index in [0.29, 0.717) is 46.6 Å². The molecule has 1 unspecified atom stereocenters. The maximum absolute atomic E-state index is 12.7. The van der Waals surface area contributed by atoms with E-state index in [9.17, 15) is 9.59 Å².